The SMILES string of the molecule is c1ccc(-c2ccc(-c3nc(-c4ccccc4)nc(-n4c5ccccc5c5cc6c7ccccc7n7c8ccccc8c(c54)c67)n3)cc2)cc1.c1ccc(-c2cccc(-c3nc(-c4ccccc4)nc(-n4c5ccccc5c5cc6c7ccccc7n7c8ccccc8c(c54)c67)n3)c2)cc1. The van der Waals surface area contributed by atoms with Gasteiger partial charge < -0.3 is 8.80 Å². The Bertz CT molecular complexity index is 7000. The summed E-state index contributed by atoms with van der Waals surface area (Å²) in [6.07, 6.45) is 0. The monoisotopic (exact) mass is 1270 g/mol. The van der Waals surface area contributed by atoms with Crippen LogP contribution >= 0.6 is 0 Å². The number of rotatable bonds is 8. The summed E-state index contributed by atoms with van der Waals surface area (Å²) in [6, 6.07) is 115. The van der Waals surface area contributed by atoms with Gasteiger partial charge in [-0.2, -0.15) is 19.9 Å². The van der Waals surface area contributed by atoms with Crippen LogP contribution in [0.5, 0.6) is 0 Å². The molecule has 0 saturated heterocycles. The molecule has 0 amide bonds. The van der Waals surface area contributed by atoms with Crippen LogP contribution in [0.1, 0.15) is 0 Å². The Morgan fingerprint density at radius 1 is 0.170 bits per heavy atom. The number of benzene rings is 14. The predicted molar refractivity (Wildman–Crippen MR) is 410 cm³/mol. The Morgan fingerprint density at radius 2 is 0.440 bits per heavy atom. The van der Waals surface area contributed by atoms with Crippen molar-refractivity contribution in [2.45, 2.75) is 0 Å². The van der Waals surface area contributed by atoms with Gasteiger partial charge in [-0.15, -0.1) is 0 Å². The summed E-state index contributed by atoms with van der Waals surface area (Å²) >= 11 is 0. The molecule has 0 bridgehead atoms. The lowest BCUT2D eigenvalue weighted by Gasteiger charge is -2.12. The molecule has 0 aliphatic carbocycles. The van der Waals surface area contributed by atoms with Crippen molar-refractivity contribution in [1.82, 2.24) is 47.8 Å². The van der Waals surface area contributed by atoms with Gasteiger partial charge >= 0.3 is 0 Å². The van der Waals surface area contributed by atoms with Gasteiger partial charge in [0, 0.05) is 86.9 Å². The number of nitrogens with zero attached hydrogens (tertiary/aromatic N) is 10. The van der Waals surface area contributed by atoms with E-state index in [4.69, 9.17) is 29.9 Å². The van der Waals surface area contributed by atoms with E-state index in [1.54, 1.807) is 0 Å². The summed E-state index contributed by atoms with van der Waals surface area (Å²) in [5.41, 5.74) is 19.9. The molecule has 0 N–H and O–H groups in total. The molecule has 22 aromatic rings. The van der Waals surface area contributed by atoms with Crippen molar-refractivity contribution >= 4 is 120 Å². The van der Waals surface area contributed by atoms with E-state index in [9.17, 15) is 0 Å². The Labute approximate surface area is 571 Å². The fraction of sp³-hybridized carbons (Fsp3) is 0. The van der Waals surface area contributed by atoms with E-state index >= 15 is 0 Å². The normalized spacial score (nSPS) is 12.0. The minimum Gasteiger partial charge on any atom is -0.308 e. The quantitative estimate of drug-likeness (QED) is 0.150. The smallest absolute Gasteiger partial charge is 0.238 e. The van der Waals surface area contributed by atoms with Gasteiger partial charge in [0.2, 0.25) is 11.9 Å². The van der Waals surface area contributed by atoms with Gasteiger partial charge in [-0.3, -0.25) is 9.13 Å². The molecule has 22 rings (SSSR count). The zero-order chi connectivity index (χ0) is 65.5. The molecule has 10 nitrogen and oxygen atoms in total. The van der Waals surface area contributed by atoms with Gasteiger partial charge in [-0.05, 0) is 76.9 Å². The Morgan fingerprint density at radius 3 is 0.860 bits per heavy atom. The molecular weight excluding hydrogens is 1220 g/mol. The Kier molecular flexibility index (Phi) is 12.2. The fourth-order valence-electron chi connectivity index (χ4n) is 15.9. The highest BCUT2D eigenvalue weighted by molar-refractivity contribution is 6.36. The second-order valence-electron chi connectivity index (χ2n) is 25.7. The summed E-state index contributed by atoms with van der Waals surface area (Å²) in [5.74, 6) is 3.71. The topological polar surface area (TPSA) is 96.0 Å². The van der Waals surface area contributed by atoms with Crippen LogP contribution in [0.4, 0.5) is 0 Å². The molecule has 0 unspecified atom stereocenters. The zero-order valence-electron chi connectivity index (χ0n) is 53.6. The molecule has 8 aromatic heterocycles. The molecule has 14 aromatic carbocycles. The van der Waals surface area contributed by atoms with Crippen molar-refractivity contribution in [2.75, 3.05) is 0 Å². The van der Waals surface area contributed by atoms with Gasteiger partial charge in [-0.1, -0.05) is 273 Å². The molecule has 0 spiro atoms. The minimum atomic E-state index is 0.591. The summed E-state index contributed by atoms with van der Waals surface area (Å²) in [5, 5.41) is 14.5. The molecular formula is C90H54N10. The highest BCUT2D eigenvalue weighted by Gasteiger charge is 2.29. The summed E-state index contributed by atoms with van der Waals surface area (Å²) in [7, 11) is 0. The molecule has 464 valence electrons. The van der Waals surface area contributed by atoms with E-state index in [1.807, 2.05) is 48.5 Å². The maximum absolute atomic E-state index is 5.31. The summed E-state index contributed by atoms with van der Waals surface area (Å²) in [4.78, 5) is 31.3. The van der Waals surface area contributed by atoms with Crippen LogP contribution in [-0.2, 0) is 0 Å². The van der Waals surface area contributed by atoms with E-state index in [0.29, 0.717) is 35.2 Å². The largest absolute Gasteiger partial charge is 0.308 e. The van der Waals surface area contributed by atoms with Crippen molar-refractivity contribution in [1.29, 1.82) is 0 Å². The summed E-state index contributed by atoms with van der Waals surface area (Å²) in [6.45, 7) is 0. The van der Waals surface area contributed by atoms with Crippen LogP contribution in [0, 0.1) is 0 Å². The van der Waals surface area contributed by atoms with Gasteiger partial charge in [0.15, 0.2) is 23.3 Å². The highest BCUT2D eigenvalue weighted by Crippen LogP contribution is 2.49. The predicted octanol–water partition coefficient (Wildman–Crippen LogP) is 22.2. The first-order valence-electron chi connectivity index (χ1n) is 33.8. The maximum Gasteiger partial charge on any atom is 0.238 e. The molecule has 0 atom stereocenters. The van der Waals surface area contributed by atoms with Gasteiger partial charge in [0.25, 0.3) is 0 Å². The van der Waals surface area contributed by atoms with E-state index in [0.717, 1.165) is 71.8 Å². The van der Waals surface area contributed by atoms with Crippen LogP contribution < -0.4 is 0 Å². The lowest BCUT2D eigenvalue weighted by atomic mass is 10.0. The van der Waals surface area contributed by atoms with Crippen LogP contribution in [0.15, 0.2) is 328 Å². The Hall–Kier alpha value is -13.7. The van der Waals surface area contributed by atoms with Gasteiger partial charge in [0.05, 0.1) is 55.2 Å². The number of fused-ring (bicyclic) bond motifs is 20. The number of hydrogen-bond donors (Lipinski definition) is 0. The first-order chi connectivity index (χ1) is 49.6. The Balaban J connectivity index is 0.000000131. The van der Waals surface area contributed by atoms with E-state index in [-0.39, 0.29) is 0 Å². The van der Waals surface area contributed by atoms with Crippen LogP contribution in [0.2, 0.25) is 0 Å². The third-order valence-corrected chi connectivity index (χ3v) is 20.2. The second-order valence-corrected chi connectivity index (χ2v) is 25.7. The minimum absolute atomic E-state index is 0.591. The molecule has 0 fully saturated rings. The molecule has 10 heteroatoms. The number of aromatic nitrogens is 10. The zero-order valence-corrected chi connectivity index (χ0v) is 53.6. The summed E-state index contributed by atoms with van der Waals surface area (Å²) < 4.78 is 9.39. The third-order valence-electron chi connectivity index (χ3n) is 20.2. The highest BCUT2D eigenvalue weighted by atomic mass is 15.2. The molecule has 8 heterocycles. The molecule has 0 radical (unpaired) electrons. The average molecular weight is 1280 g/mol. The molecule has 0 saturated carbocycles. The van der Waals surface area contributed by atoms with Crippen molar-refractivity contribution in [3.8, 4) is 79.7 Å². The van der Waals surface area contributed by atoms with Gasteiger partial charge in [0.1, 0.15) is 0 Å². The van der Waals surface area contributed by atoms with Crippen molar-refractivity contribution in [2.24, 2.45) is 0 Å². The van der Waals surface area contributed by atoms with E-state index in [2.05, 4.69) is 297 Å². The third kappa shape index (κ3) is 8.37. The van der Waals surface area contributed by atoms with Crippen LogP contribution in [0.25, 0.3) is 200 Å². The first-order valence-corrected chi connectivity index (χ1v) is 33.8. The lowest BCUT2D eigenvalue weighted by Crippen LogP contribution is -2.06. The van der Waals surface area contributed by atoms with Crippen molar-refractivity contribution < 1.29 is 0 Å². The lowest BCUT2D eigenvalue weighted by molar-refractivity contribution is 0.955. The maximum atomic E-state index is 5.31. The number of para-hydroxylation sites is 6. The van der Waals surface area contributed by atoms with Crippen LogP contribution in [-0.4, -0.2) is 47.8 Å². The van der Waals surface area contributed by atoms with Crippen molar-refractivity contribution in [3.63, 3.8) is 0 Å². The molecule has 0 aliphatic rings. The molecule has 0 aliphatic heterocycles. The average Bonchev–Trinajstić information content (AvgIpc) is 1.52. The van der Waals surface area contributed by atoms with E-state index in [1.165, 1.54) is 92.5 Å². The van der Waals surface area contributed by atoms with E-state index < -0.39 is 0 Å². The molecule has 100 heavy (non-hydrogen) atoms. The number of hydrogen-bond acceptors (Lipinski definition) is 6. The second kappa shape index (κ2) is 21.9. The first kappa shape index (κ1) is 55.6. The van der Waals surface area contributed by atoms with Gasteiger partial charge in [-0.25, -0.2) is 9.97 Å². The van der Waals surface area contributed by atoms with Crippen LogP contribution in [0.3, 0.4) is 0 Å². The van der Waals surface area contributed by atoms with Crippen molar-refractivity contribution in [3.05, 3.63) is 328 Å². The fourth-order valence-corrected chi connectivity index (χ4v) is 15.9. The standard InChI is InChI=1S/2C45H27N5/c1-3-14-28(15-4-1)30-18-13-19-31(26-30)44-46-43(29-16-5-2-6-17-29)47-45(48-44)50-38-24-11-8-21-33(38)36-27-35-32-20-7-10-23-37(32)49-39-25-12-9-22-34(39)40(41(35)49)42(36)50;1-3-13-28(14-4-1)29-23-25-31(26-24-29)44-46-43(30-15-5-2-6-16-30)47-45(48-44)50-38-21-11-8-18-33(38)36-27-35-32-17-7-10-20-37(32)49-39-22-12-9-19-34(39)40(41(35)49)42(36)50/h2*1-27H.